The van der Waals surface area contributed by atoms with E-state index in [9.17, 15) is 0 Å². The van der Waals surface area contributed by atoms with Gasteiger partial charge in [-0.1, -0.05) is 13.3 Å². The lowest BCUT2D eigenvalue weighted by molar-refractivity contribution is 0.177. The Morgan fingerprint density at radius 1 is 1.33 bits per heavy atom. The van der Waals surface area contributed by atoms with Gasteiger partial charge in [-0.05, 0) is 59.1 Å². The lowest BCUT2D eigenvalue weighted by Crippen LogP contribution is -2.34. The molecule has 1 aromatic heterocycles. The number of rotatable bonds is 7. The summed E-state index contributed by atoms with van der Waals surface area (Å²) < 4.78 is 5.91. The predicted molar refractivity (Wildman–Crippen MR) is 88.3 cm³/mol. The SMILES string of the molecule is CCN(Cc1cc(CNC(C)(C)C)oc1C)CC1CCC1. The van der Waals surface area contributed by atoms with Crippen molar-refractivity contribution in [2.75, 3.05) is 13.1 Å². The van der Waals surface area contributed by atoms with Crippen molar-refractivity contribution in [2.24, 2.45) is 5.92 Å². The molecule has 21 heavy (non-hydrogen) atoms. The molecule has 0 aromatic carbocycles. The normalized spacial score (nSPS) is 16.5. The fourth-order valence-electron chi connectivity index (χ4n) is 2.77. The molecule has 1 saturated carbocycles. The largest absolute Gasteiger partial charge is 0.465 e. The molecule has 1 fully saturated rings. The first-order valence-corrected chi connectivity index (χ1v) is 8.43. The molecule has 3 heteroatoms. The molecular weight excluding hydrogens is 260 g/mol. The maximum atomic E-state index is 5.91. The van der Waals surface area contributed by atoms with Crippen LogP contribution in [0.3, 0.4) is 0 Å². The van der Waals surface area contributed by atoms with E-state index in [1.54, 1.807) is 0 Å². The minimum Gasteiger partial charge on any atom is -0.465 e. The van der Waals surface area contributed by atoms with Gasteiger partial charge in [-0.3, -0.25) is 4.90 Å². The Balaban J connectivity index is 1.90. The fraction of sp³-hybridized carbons (Fsp3) is 0.778. The first kappa shape index (κ1) is 16.6. The molecule has 1 aliphatic rings. The number of nitrogens with one attached hydrogen (secondary N) is 1. The third-order valence-corrected chi connectivity index (χ3v) is 4.45. The average Bonchev–Trinajstić information content (AvgIpc) is 2.69. The number of hydrogen-bond acceptors (Lipinski definition) is 3. The molecule has 0 bridgehead atoms. The summed E-state index contributed by atoms with van der Waals surface area (Å²) in [5, 5.41) is 3.49. The van der Waals surface area contributed by atoms with Gasteiger partial charge in [0.1, 0.15) is 11.5 Å². The van der Waals surface area contributed by atoms with Crippen LogP contribution in [0.15, 0.2) is 10.5 Å². The second-order valence-corrected chi connectivity index (χ2v) is 7.52. The fourth-order valence-corrected chi connectivity index (χ4v) is 2.77. The summed E-state index contributed by atoms with van der Waals surface area (Å²) in [4.78, 5) is 2.56. The van der Waals surface area contributed by atoms with E-state index in [1.807, 2.05) is 0 Å². The van der Waals surface area contributed by atoms with Crippen LogP contribution < -0.4 is 5.32 Å². The summed E-state index contributed by atoms with van der Waals surface area (Å²) in [5.41, 5.74) is 1.47. The van der Waals surface area contributed by atoms with Crippen LogP contribution >= 0.6 is 0 Å². The molecule has 3 nitrogen and oxygen atoms in total. The van der Waals surface area contributed by atoms with Gasteiger partial charge in [-0.2, -0.15) is 0 Å². The second-order valence-electron chi connectivity index (χ2n) is 7.52. The lowest BCUT2D eigenvalue weighted by atomic mass is 9.85. The van der Waals surface area contributed by atoms with Crippen LogP contribution in [0.25, 0.3) is 0 Å². The van der Waals surface area contributed by atoms with Crippen molar-refractivity contribution in [2.45, 2.75) is 72.5 Å². The molecule has 1 aromatic rings. The highest BCUT2D eigenvalue weighted by molar-refractivity contribution is 5.21. The third-order valence-electron chi connectivity index (χ3n) is 4.45. The first-order valence-electron chi connectivity index (χ1n) is 8.43. The van der Waals surface area contributed by atoms with E-state index in [4.69, 9.17) is 4.42 Å². The van der Waals surface area contributed by atoms with E-state index in [1.165, 1.54) is 31.4 Å². The zero-order valence-corrected chi connectivity index (χ0v) is 14.5. The monoisotopic (exact) mass is 292 g/mol. The summed E-state index contributed by atoms with van der Waals surface area (Å²) in [6.07, 6.45) is 4.26. The van der Waals surface area contributed by atoms with Gasteiger partial charge in [-0.25, -0.2) is 0 Å². The van der Waals surface area contributed by atoms with Crippen LogP contribution in [0, 0.1) is 12.8 Å². The number of nitrogens with zero attached hydrogens (tertiary/aromatic N) is 1. The molecule has 120 valence electrons. The van der Waals surface area contributed by atoms with Crippen LogP contribution in [0.4, 0.5) is 0 Å². The van der Waals surface area contributed by atoms with E-state index in [-0.39, 0.29) is 5.54 Å². The third kappa shape index (κ3) is 5.15. The van der Waals surface area contributed by atoms with Crippen molar-refractivity contribution in [3.05, 3.63) is 23.2 Å². The highest BCUT2D eigenvalue weighted by atomic mass is 16.3. The summed E-state index contributed by atoms with van der Waals surface area (Å²) in [6, 6.07) is 2.23. The molecule has 1 aliphatic carbocycles. The van der Waals surface area contributed by atoms with Crippen molar-refractivity contribution < 1.29 is 4.42 Å². The molecule has 0 saturated heterocycles. The predicted octanol–water partition coefficient (Wildman–Crippen LogP) is 4.10. The van der Waals surface area contributed by atoms with Crippen LogP contribution in [0.5, 0.6) is 0 Å². The van der Waals surface area contributed by atoms with Crippen molar-refractivity contribution in [3.63, 3.8) is 0 Å². The molecule has 0 unspecified atom stereocenters. The second kappa shape index (κ2) is 6.97. The number of hydrogen-bond donors (Lipinski definition) is 1. The van der Waals surface area contributed by atoms with Gasteiger partial charge in [0.05, 0.1) is 6.54 Å². The van der Waals surface area contributed by atoms with E-state index < -0.39 is 0 Å². The van der Waals surface area contributed by atoms with Gasteiger partial charge in [0, 0.05) is 24.2 Å². The Bertz CT molecular complexity index is 441. The molecule has 2 rings (SSSR count). The summed E-state index contributed by atoms with van der Waals surface area (Å²) in [7, 11) is 0. The highest BCUT2D eigenvalue weighted by Crippen LogP contribution is 2.28. The van der Waals surface area contributed by atoms with Crippen molar-refractivity contribution in [1.29, 1.82) is 0 Å². The van der Waals surface area contributed by atoms with Gasteiger partial charge < -0.3 is 9.73 Å². The van der Waals surface area contributed by atoms with Crippen LogP contribution in [-0.4, -0.2) is 23.5 Å². The van der Waals surface area contributed by atoms with E-state index in [2.05, 4.69) is 50.9 Å². The quantitative estimate of drug-likeness (QED) is 0.820. The maximum Gasteiger partial charge on any atom is 0.118 e. The molecule has 0 amide bonds. The Morgan fingerprint density at radius 2 is 2.05 bits per heavy atom. The van der Waals surface area contributed by atoms with Gasteiger partial charge >= 0.3 is 0 Å². The maximum absolute atomic E-state index is 5.91. The highest BCUT2D eigenvalue weighted by Gasteiger charge is 2.21. The van der Waals surface area contributed by atoms with Crippen molar-refractivity contribution >= 4 is 0 Å². The minimum atomic E-state index is 0.126. The van der Waals surface area contributed by atoms with E-state index in [0.29, 0.717) is 0 Å². The summed E-state index contributed by atoms with van der Waals surface area (Å²) in [6.45, 7) is 15.1. The van der Waals surface area contributed by atoms with Crippen LogP contribution in [0.2, 0.25) is 0 Å². The minimum absolute atomic E-state index is 0.126. The first-order chi connectivity index (χ1) is 9.87. The molecule has 0 spiro atoms. The van der Waals surface area contributed by atoms with Crippen molar-refractivity contribution in [3.8, 4) is 0 Å². The molecule has 0 radical (unpaired) electrons. The smallest absolute Gasteiger partial charge is 0.118 e. The van der Waals surface area contributed by atoms with Gasteiger partial charge in [-0.15, -0.1) is 0 Å². The molecule has 0 aliphatic heterocycles. The van der Waals surface area contributed by atoms with Crippen LogP contribution in [-0.2, 0) is 13.1 Å². The summed E-state index contributed by atoms with van der Waals surface area (Å²) in [5.74, 6) is 3.06. The Morgan fingerprint density at radius 3 is 2.57 bits per heavy atom. The Hall–Kier alpha value is -0.800. The average molecular weight is 292 g/mol. The van der Waals surface area contributed by atoms with E-state index >= 15 is 0 Å². The van der Waals surface area contributed by atoms with Gasteiger partial charge in [0.15, 0.2) is 0 Å². The molecule has 1 heterocycles. The van der Waals surface area contributed by atoms with Crippen molar-refractivity contribution in [1.82, 2.24) is 10.2 Å². The number of aryl methyl sites for hydroxylation is 1. The van der Waals surface area contributed by atoms with Gasteiger partial charge in [0.2, 0.25) is 0 Å². The standard InChI is InChI=1S/C18H32N2O/c1-6-20(12-15-8-7-9-15)13-16-10-17(21-14(16)2)11-19-18(3,4)5/h10,15,19H,6-9,11-13H2,1-5H3. The Kier molecular flexibility index (Phi) is 5.50. The summed E-state index contributed by atoms with van der Waals surface area (Å²) >= 11 is 0. The zero-order valence-electron chi connectivity index (χ0n) is 14.5. The van der Waals surface area contributed by atoms with E-state index in [0.717, 1.165) is 37.1 Å². The number of furan rings is 1. The molecule has 0 atom stereocenters. The zero-order chi connectivity index (χ0) is 15.5. The lowest BCUT2D eigenvalue weighted by Gasteiger charge is -2.31. The van der Waals surface area contributed by atoms with Gasteiger partial charge in [0.25, 0.3) is 0 Å². The molecular formula is C18H32N2O. The topological polar surface area (TPSA) is 28.4 Å². The molecule has 1 N–H and O–H groups in total. The Labute approximate surface area is 130 Å². The van der Waals surface area contributed by atoms with Crippen LogP contribution in [0.1, 0.15) is 64.0 Å².